The fourth-order valence-corrected chi connectivity index (χ4v) is 2.63. The van der Waals surface area contributed by atoms with Crippen molar-refractivity contribution >= 4 is 17.2 Å². The molecule has 0 aliphatic rings. The third-order valence-electron chi connectivity index (χ3n) is 3.10. The number of hydrogen-bond donors (Lipinski definition) is 1. The Labute approximate surface area is 130 Å². The Bertz CT molecular complexity index is 667. The molecule has 0 bridgehead atoms. The van der Waals surface area contributed by atoms with Crippen molar-refractivity contribution in [1.29, 1.82) is 0 Å². The van der Waals surface area contributed by atoms with Crippen molar-refractivity contribution in [2.45, 2.75) is 32.5 Å². The minimum Gasteiger partial charge on any atom is -0.349 e. The van der Waals surface area contributed by atoms with E-state index in [0.717, 1.165) is 17.1 Å². The Morgan fingerprint density at radius 1 is 1.41 bits per heavy atom. The summed E-state index contributed by atoms with van der Waals surface area (Å²) in [6.07, 6.45) is -4.27. The van der Waals surface area contributed by atoms with Crippen molar-refractivity contribution in [3.05, 3.63) is 51.5 Å². The van der Waals surface area contributed by atoms with Gasteiger partial charge in [-0.2, -0.15) is 13.2 Å². The lowest BCUT2D eigenvalue weighted by molar-refractivity contribution is -0.137. The quantitative estimate of drug-likeness (QED) is 0.925. The molecule has 0 radical (unpaired) electrons. The summed E-state index contributed by atoms with van der Waals surface area (Å²) in [4.78, 5) is 16.1. The average Bonchev–Trinajstić information content (AvgIpc) is 2.83. The zero-order valence-electron chi connectivity index (χ0n) is 12.1. The molecule has 0 fully saturated rings. The molecule has 118 valence electrons. The van der Waals surface area contributed by atoms with Crippen LogP contribution in [0, 0.1) is 6.92 Å². The summed E-state index contributed by atoms with van der Waals surface area (Å²) in [5.74, 6) is -0.268. The topological polar surface area (TPSA) is 42.0 Å². The van der Waals surface area contributed by atoms with E-state index < -0.39 is 17.8 Å². The van der Waals surface area contributed by atoms with Gasteiger partial charge in [0.15, 0.2) is 0 Å². The van der Waals surface area contributed by atoms with E-state index in [1.54, 1.807) is 18.4 Å². The predicted molar refractivity (Wildman–Crippen MR) is 78.6 cm³/mol. The van der Waals surface area contributed by atoms with Gasteiger partial charge in [-0.3, -0.25) is 4.79 Å². The van der Waals surface area contributed by atoms with Crippen molar-refractivity contribution in [3.63, 3.8) is 0 Å². The molecule has 1 heterocycles. The Hall–Kier alpha value is -1.89. The molecule has 7 heteroatoms. The third kappa shape index (κ3) is 4.30. The number of nitrogens with zero attached hydrogens (tertiary/aromatic N) is 1. The lowest BCUT2D eigenvalue weighted by atomic mass is 10.0. The first-order valence-electron chi connectivity index (χ1n) is 6.63. The smallest absolute Gasteiger partial charge is 0.349 e. The van der Waals surface area contributed by atoms with Gasteiger partial charge >= 0.3 is 6.18 Å². The van der Waals surface area contributed by atoms with Crippen molar-refractivity contribution in [1.82, 2.24) is 10.3 Å². The van der Waals surface area contributed by atoms with E-state index in [-0.39, 0.29) is 12.3 Å². The summed E-state index contributed by atoms with van der Waals surface area (Å²) in [5, 5.41) is 5.36. The van der Waals surface area contributed by atoms with Crippen molar-refractivity contribution < 1.29 is 18.0 Å². The number of thiazole rings is 1. The predicted octanol–water partition coefficient (Wildman–Crippen LogP) is 3.89. The van der Waals surface area contributed by atoms with Crippen molar-refractivity contribution in [3.8, 4) is 0 Å². The molecule has 1 aromatic heterocycles. The number of hydrogen-bond acceptors (Lipinski definition) is 3. The van der Waals surface area contributed by atoms with Crippen LogP contribution < -0.4 is 5.32 Å². The Balaban J connectivity index is 2.02. The van der Waals surface area contributed by atoms with E-state index in [4.69, 9.17) is 0 Å². The number of carbonyl (C=O) groups is 1. The molecular weight excluding hydrogens is 313 g/mol. The lowest BCUT2D eigenvalue weighted by Gasteiger charge is -2.16. The van der Waals surface area contributed by atoms with Gasteiger partial charge in [0.2, 0.25) is 5.91 Å². The number of halogens is 3. The first kappa shape index (κ1) is 16.5. The van der Waals surface area contributed by atoms with E-state index in [2.05, 4.69) is 10.3 Å². The van der Waals surface area contributed by atoms with Crippen LogP contribution in [-0.2, 0) is 17.4 Å². The summed E-state index contributed by atoms with van der Waals surface area (Å²) >= 11 is 1.45. The second-order valence-electron chi connectivity index (χ2n) is 4.95. The molecule has 22 heavy (non-hydrogen) atoms. The normalized spacial score (nSPS) is 13.0. The van der Waals surface area contributed by atoms with Crippen LogP contribution in [0.15, 0.2) is 29.6 Å². The van der Waals surface area contributed by atoms with Crippen LogP contribution in [0.1, 0.15) is 34.8 Å². The Kier molecular flexibility index (Phi) is 4.85. The molecule has 1 atom stereocenters. The highest BCUT2D eigenvalue weighted by molar-refractivity contribution is 7.09. The van der Waals surface area contributed by atoms with Crippen LogP contribution in [0.4, 0.5) is 13.2 Å². The van der Waals surface area contributed by atoms with E-state index >= 15 is 0 Å². The molecule has 0 saturated carbocycles. The highest BCUT2D eigenvalue weighted by Crippen LogP contribution is 2.30. The second-order valence-corrected chi connectivity index (χ2v) is 6.01. The summed E-state index contributed by atoms with van der Waals surface area (Å²) < 4.78 is 38.1. The first-order valence-corrected chi connectivity index (χ1v) is 7.51. The molecule has 1 aromatic carbocycles. The maximum atomic E-state index is 12.7. The van der Waals surface area contributed by atoms with Crippen LogP contribution in [-0.4, -0.2) is 10.9 Å². The second kappa shape index (κ2) is 6.48. The highest BCUT2D eigenvalue weighted by atomic mass is 32.1. The van der Waals surface area contributed by atoms with Crippen LogP contribution in [0.5, 0.6) is 0 Å². The minimum absolute atomic E-state index is 0.119. The number of rotatable bonds is 4. The fourth-order valence-electron chi connectivity index (χ4n) is 2.01. The number of alkyl halides is 3. The molecule has 0 aliphatic heterocycles. The Morgan fingerprint density at radius 3 is 2.73 bits per heavy atom. The van der Waals surface area contributed by atoms with E-state index in [9.17, 15) is 18.0 Å². The zero-order valence-corrected chi connectivity index (χ0v) is 12.9. The van der Waals surface area contributed by atoms with E-state index in [0.29, 0.717) is 11.3 Å². The fraction of sp³-hybridized carbons (Fsp3) is 0.333. The van der Waals surface area contributed by atoms with Gasteiger partial charge in [0, 0.05) is 5.38 Å². The van der Waals surface area contributed by atoms with Gasteiger partial charge in [-0.1, -0.05) is 12.1 Å². The Morgan fingerprint density at radius 2 is 2.14 bits per heavy atom. The van der Waals surface area contributed by atoms with Gasteiger partial charge in [-0.15, -0.1) is 11.3 Å². The van der Waals surface area contributed by atoms with Crippen molar-refractivity contribution in [2.24, 2.45) is 0 Å². The van der Waals surface area contributed by atoms with Gasteiger partial charge in [0.25, 0.3) is 0 Å². The number of carbonyl (C=O) groups excluding carboxylic acids is 1. The monoisotopic (exact) mass is 328 g/mol. The van der Waals surface area contributed by atoms with Crippen LogP contribution in [0.3, 0.4) is 0 Å². The summed E-state index contributed by atoms with van der Waals surface area (Å²) in [5.41, 5.74) is 0.357. The van der Waals surface area contributed by atoms with Crippen LogP contribution in [0.2, 0.25) is 0 Å². The molecule has 2 aromatic rings. The highest BCUT2D eigenvalue weighted by Gasteiger charge is 2.30. The van der Waals surface area contributed by atoms with Crippen LogP contribution in [0.25, 0.3) is 0 Å². The number of amides is 1. The molecule has 0 spiro atoms. The summed E-state index contributed by atoms with van der Waals surface area (Å²) in [7, 11) is 0. The number of aryl methyl sites for hydroxylation is 1. The molecule has 0 saturated heterocycles. The molecule has 0 unspecified atom stereocenters. The number of benzene rings is 1. The van der Waals surface area contributed by atoms with E-state index in [1.165, 1.54) is 17.4 Å². The first-order chi connectivity index (χ1) is 10.3. The van der Waals surface area contributed by atoms with Crippen molar-refractivity contribution in [2.75, 3.05) is 0 Å². The average molecular weight is 328 g/mol. The standard InChI is InChI=1S/C15H15F3N2OS/c1-9(11-4-3-5-12(6-11)15(16,17)18)19-14(21)7-13-8-22-10(2)20-13/h3-6,8-9H,7H2,1-2H3,(H,19,21)/t9-/m1/s1. The third-order valence-corrected chi connectivity index (χ3v) is 3.92. The van der Waals surface area contributed by atoms with Gasteiger partial charge < -0.3 is 5.32 Å². The maximum Gasteiger partial charge on any atom is 0.416 e. The summed E-state index contributed by atoms with van der Waals surface area (Å²) in [6.45, 7) is 3.50. The molecule has 2 rings (SSSR count). The lowest BCUT2D eigenvalue weighted by Crippen LogP contribution is -2.28. The van der Waals surface area contributed by atoms with Gasteiger partial charge in [-0.25, -0.2) is 4.98 Å². The zero-order chi connectivity index (χ0) is 16.3. The molecular formula is C15H15F3N2OS. The number of aromatic nitrogens is 1. The largest absolute Gasteiger partial charge is 0.416 e. The molecule has 3 nitrogen and oxygen atoms in total. The van der Waals surface area contributed by atoms with Gasteiger partial charge in [0.05, 0.1) is 28.7 Å². The summed E-state index contributed by atoms with van der Waals surface area (Å²) in [6, 6.07) is 4.46. The van der Waals surface area contributed by atoms with Gasteiger partial charge in [-0.05, 0) is 31.5 Å². The number of nitrogens with one attached hydrogen (secondary N) is 1. The molecule has 0 aliphatic carbocycles. The van der Waals surface area contributed by atoms with Gasteiger partial charge in [0.1, 0.15) is 0 Å². The molecule has 1 amide bonds. The minimum atomic E-state index is -4.39. The molecule has 1 N–H and O–H groups in total. The van der Waals surface area contributed by atoms with Crippen LogP contribution >= 0.6 is 11.3 Å². The SMILES string of the molecule is Cc1nc(CC(=O)N[C@H](C)c2cccc(C(F)(F)F)c2)cs1. The van der Waals surface area contributed by atoms with E-state index in [1.807, 2.05) is 6.92 Å². The maximum absolute atomic E-state index is 12.7.